The number of nitrogens with one attached hydrogen (secondary N) is 1. The van der Waals surface area contributed by atoms with Crippen molar-refractivity contribution in [3.05, 3.63) is 23.5 Å². The summed E-state index contributed by atoms with van der Waals surface area (Å²) < 4.78 is 11.2. The van der Waals surface area contributed by atoms with E-state index < -0.39 is 11.7 Å². The first-order valence-electron chi connectivity index (χ1n) is 6.89. The van der Waals surface area contributed by atoms with E-state index in [-0.39, 0.29) is 5.78 Å². The molecule has 1 aromatic rings. The van der Waals surface area contributed by atoms with Gasteiger partial charge in [0.15, 0.2) is 6.10 Å². The molecule has 0 fully saturated rings. The number of carbonyl (C=O) groups excluding carboxylic acids is 1. The van der Waals surface area contributed by atoms with Gasteiger partial charge in [-0.2, -0.15) is 5.26 Å². The lowest BCUT2D eigenvalue weighted by Gasteiger charge is -2.29. The van der Waals surface area contributed by atoms with Crippen molar-refractivity contribution in [2.24, 2.45) is 0 Å². The number of Topliss-reactive ketones (excluding diaryl/α,β-unsaturated/α-hetero) is 1. The second-order valence-electron chi connectivity index (χ2n) is 5.18. The van der Waals surface area contributed by atoms with Crippen LogP contribution < -0.4 is 10.1 Å². The summed E-state index contributed by atoms with van der Waals surface area (Å²) in [5, 5.41) is 12.3. The number of ether oxygens (including phenoxy) is 2. The van der Waals surface area contributed by atoms with Crippen molar-refractivity contribution < 1.29 is 14.3 Å². The van der Waals surface area contributed by atoms with Gasteiger partial charge in [-0.1, -0.05) is 6.92 Å². The summed E-state index contributed by atoms with van der Waals surface area (Å²) in [5.74, 6) is 0.305. The van der Waals surface area contributed by atoms with Crippen LogP contribution in [0.15, 0.2) is 12.4 Å². The van der Waals surface area contributed by atoms with Gasteiger partial charge in [-0.25, -0.2) is 0 Å². The molecule has 1 aromatic heterocycles. The van der Waals surface area contributed by atoms with Gasteiger partial charge in [0.2, 0.25) is 5.78 Å². The third-order valence-electron chi connectivity index (χ3n) is 3.93. The van der Waals surface area contributed by atoms with Crippen molar-refractivity contribution in [2.45, 2.75) is 38.5 Å². The molecule has 0 amide bonds. The van der Waals surface area contributed by atoms with Crippen molar-refractivity contribution in [1.82, 2.24) is 10.3 Å². The van der Waals surface area contributed by atoms with Crippen LogP contribution in [0.1, 0.15) is 31.4 Å². The largest absolute Gasteiger partial charge is 0.479 e. The van der Waals surface area contributed by atoms with Crippen molar-refractivity contribution >= 4 is 5.78 Å². The van der Waals surface area contributed by atoms with Crippen molar-refractivity contribution in [2.75, 3.05) is 13.7 Å². The van der Waals surface area contributed by atoms with Crippen molar-refractivity contribution in [3.8, 4) is 11.8 Å². The molecule has 2 atom stereocenters. The smallest absolute Gasteiger partial charge is 0.205 e. The highest BCUT2D eigenvalue weighted by atomic mass is 16.5. The van der Waals surface area contributed by atoms with E-state index in [1.165, 1.54) is 13.3 Å². The Kier molecular flexibility index (Phi) is 4.56. The highest BCUT2D eigenvalue weighted by Gasteiger charge is 2.39. The monoisotopic (exact) mass is 289 g/mol. The molecule has 2 heterocycles. The van der Waals surface area contributed by atoms with Crippen LogP contribution in [0.25, 0.3) is 0 Å². The lowest BCUT2D eigenvalue weighted by atomic mass is 9.93. The zero-order valence-corrected chi connectivity index (χ0v) is 12.5. The Labute approximate surface area is 124 Å². The Morgan fingerprint density at radius 2 is 2.43 bits per heavy atom. The van der Waals surface area contributed by atoms with Crippen LogP contribution >= 0.6 is 0 Å². The molecule has 21 heavy (non-hydrogen) atoms. The van der Waals surface area contributed by atoms with Gasteiger partial charge in [0.25, 0.3) is 0 Å². The highest BCUT2D eigenvalue weighted by Crippen LogP contribution is 2.27. The van der Waals surface area contributed by atoms with Gasteiger partial charge in [0.1, 0.15) is 23.0 Å². The van der Waals surface area contributed by atoms with E-state index in [1.54, 1.807) is 13.1 Å². The molecular formula is C15H19N3O3. The van der Waals surface area contributed by atoms with Gasteiger partial charge < -0.3 is 14.8 Å². The second-order valence-corrected chi connectivity index (χ2v) is 5.18. The average molecular weight is 289 g/mol. The molecule has 6 heteroatoms. The van der Waals surface area contributed by atoms with Crippen LogP contribution in [-0.4, -0.2) is 36.1 Å². The van der Waals surface area contributed by atoms with E-state index in [9.17, 15) is 4.79 Å². The molecule has 0 saturated heterocycles. The number of nitriles is 1. The number of hydrogen-bond donors (Lipinski definition) is 1. The number of rotatable bonds is 4. The molecule has 6 nitrogen and oxygen atoms in total. The molecule has 0 aliphatic carbocycles. The maximum absolute atomic E-state index is 12.7. The summed E-state index contributed by atoms with van der Waals surface area (Å²) >= 11 is 0. The minimum absolute atomic E-state index is 0.131. The molecule has 0 spiro atoms. The maximum atomic E-state index is 12.7. The molecule has 1 aliphatic rings. The van der Waals surface area contributed by atoms with Gasteiger partial charge in [0.05, 0.1) is 0 Å². The van der Waals surface area contributed by atoms with Crippen LogP contribution in [0.5, 0.6) is 5.75 Å². The fourth-order valence-corrected chi connectivity index (χ4v) is 2.26. The summed E-state index contributed by atoms with van der Waals surface area (Å²) in [6.07, 6.45) is 2.95. The van der Waals surface area contributed by atoms with E-state index in [2.05, 4.69) is 16.4 Å². The summed E-state index contributed by atoms with van der Waals surface area (Å²) in [6, 6.07) is 2.05. The number of methoxy groups -OCH3 is 1. The van der Waals surface area contributed by atoms with E-state index in [4.69, 9.17) is 14.7 Å². The molecule has 0 radical (unpaired) electrons. The normalized spacial score (nSPS) is 20.4. The maximum Gasteiger partial charge on any atom is 0.205 e. The highest BCUT2D eigenvalue weighted by molar-refractivity contribution is 5.91. The van der Waals surface area contributed by atoms with Gasteiger partial charge in [-0.15, -0.1) is 0 Å². The zero-order valence-electron chi connectivity index (χ0n) is 12.5. The SMILES string of the molecule is CCC(C)(OC)C(=O)C1CNCc2cncc(C#N)c2O1. The average Bonchev–Trinajstić information content (AvgIpc) is 2.75. The number of nitrogens with zero attached hydrogens (tertiary/aromatic N) is 2. The number of fused-ring (bicyclic) bond motifs is 1. The zero-order chi connectivity index (χ0) is 15.5. The van der Waals surface area contributed by atoms with Gasteiger partial charge in [-0.3, -0.25) is 9.78 Å². The first kappa shape index (κ1) is 15.4. The second kappa shape index (κ2) is 6.20. The van der Waals surface area contributed by atoms with E-state index in [0.29, 0.717) is 30.8 Å². The van der Waals surface area contributed by atoms with Crippen LogP contribution in [0.2, 0.25) is 0 Å². The van der Waals surface area contributed by atoms with Crippen molar-refractivity contribution in [1.29, 1.82) is 5.26 Å². The number of hydrogen-bond acceptors (Lipinski definition) is 6. The fourth-order valence-electron chi connectivity index (χ4n) is 2.26. The Bertz CT molecular complexity index is 576. The van der Waals surface area contributed by atoms with Crippen LogP contribution in [-0.2, 0) is 16.1 Å². The number of pyridine rings is 1. The number of ketones is 1. The first-order valence-corrected chi connectivity index (χ1v) is 6.89. The minimum atomic E-state index is -0.892. The predicted molar refractivity (Wildman–Crippen MR) is 75.8 cm³/mol. The molecule has 0 saturated carbocycles. The summed E-state index contributed by atoms with van der Waals surface area (Å²) in [5.41, 5.74) is 0.223. The fraction of sp³-hybridized carbons (Fsp3) is 0.533. The first-order chi connectivity index (χ1) is 10.1. The lowest BCUT2D eigenvalue weighted by Crippen LogP contribution is -2.49. The van der Waals surface area contributed by atoms with Crippen LogP contribution in [0.4, 0.5) is 0 Å². The Morgan fingerprint density at radius 1 is 1.67 bits per heavy atom. The molecular weight excluding hydrogens is 270 g/mol. The Morgan fingerprint density at radius 3 is 3.05 bits per heavy atom. The molecule has 1 aliphatic heterocycles. The van der Waals surface area contributed by atoms with E-state index >= 15 is 0 Å². The third-order valence-corrected chi connectivity index (χ3v) is 3.93. The standard InChI is InChI=1S/C15H19N3O3/c1-4-15(2,20-3)14(19)12-9-18-8-11-7-17-6-10(5-16)13(11)21-12/h6-7,12,18H,4,8-9H2,1-3H3. The lowest BCUT2D eigenvalue weighted by molar-refractivity contribution is -0.146. The Balaban J connectivity index is 2.33. The van der Waals surface area contributed by atoms with Crippen LogP contribution in [0.3, 0.4) is 0 Å². The number of aromatic nitrogens is 1. The molecule has 2 unspecified atom stereocenters. The van der Waals surface area contributed by atoms with Gasteiger partial charge in [0, 0.05) is 38.2 Å². The quantitative estimate of drug-likeness (QED) is 0.896. The van der Waals surface area contributed by atoms with Crippen LogP contribution in [0, 0.1) is 11.3 Å². The molecule has 0 aromatic carbocycles. The van der Waals surface area contributed by atoms with E-state index in [1.807, 2.05) is 6.92 Å². The number of carbonyl (C=O) groups is 1. The summed E-state index contributed by atoms with van der Waals surface area (Å²) in [4.78, 5) is 16.7. The van der Waals surface area contributed by atoms with Crippen molar-refractivity contribution in [3.63, 3.8) is 0 Å². The van der Waals surface area contributed by atoms with Gasteiger partial charge >= 0.3 is 0 Å². The topological polar surface area (TPSA) is 84.2 Å². The molecule has 1 N–H and O–H groups in total. The van der Waals surface area contributed by atoms with Gasteiger partial charge in [-0.05, 0) is 13.3 Å². The summed E-state index contributed by atoms with van der Waals surface area (Å²) in [6.45, 7) is 4.53. The molecule has 2 rings (SSSR count). The molecule has 0 bridgehead atoms. The summed E-state index contributed by atoms with van der Waals surface area (Å²) in [7, 11) is 1.52. The van der Waals surface area contributed by atoms with E-state index in [0.717, 1.165) is 5.56 Å². The third kappa shape index (κ3) is 2.89. The Hall–Kier alpha value is -1.97. The predicted octanol–water partition coefficient (Wildman–Crippen LogP) is 1.19. The molecule has 112 valence electrons. The minimum Gasteiger partial charge on any atom is -0.479 e.